The largest absolute Gasteiger partial charge is 0.469 e. The van der Waals surface area contributed by atoms with Crippen LogP contribution in [-0.2, 0) is 6.42 Å². The summed E-state index contributed by atoms with van der Waals surface area (Å²) in [5, 5.41) is 3.08. The van der Waals surface area contributed by atoms with Crippen LogP contribution in [-0.4, -0.2) is 11.5 Å². The average molecular weight is 206 g/mol. The summed E-state index contributed by atoms with van der Waals surface area (Å²) in [7, 11) is 0. The molecule has 0 aromatic carbocycles. The van der Waals surface area contributed by atoms with Crippen LogP contribution in [0.5, 0.6) is 0 Å². The van der Waals surface area contributed by atoms with Gasteiger partial charge in [-0.2, -0.15) is 4.39 Å². The quantitative estimate of drug-likeness (QED) is 0.781. The zero-order valence-corrected chi connectivity index (χ0v) is 8.11. The molecule has 0 amide bonds. The van der Waals surface area contributed by atoms with E-state index in [1.54, 1.807) is 12.3 Å². The van der Waals surface area contributed by atoms with E-state index in [2.05, 4.69) is 10.3 Å². The van der Waals surface area contributed by atoms with Gasteiger partial charge in [-0.05, 0) is 18.2 Å². The molecule has 0 atom stereocenters. The normalized spacial score (nSPS) is 10.2. The number of rotatable bonds is 4. The topological polar surface area (TPSA) is 38.1 Å². The molecule has 1 N–H and O–H groups in total. The van der Waals surface area contributed by atoms with Crippen LogP contribution in [0.2, 0.25) is 0 Å². The molecule has 15 heavy (non-hydrogen) atoms. The summed E-state index contributed by atoms with van der Waals surface area (Å²) in [5.41, 5.74) is 0.731. The van der Waals surface area contributed by atoms with Gasteiger partial charge in [0.2, 0.25) is 5.95 Å². The van der Waals surface area contributed by atoms with Crippen molar-refractivity contribution in [2.45, 2.75) is 6.42 Å². The third-order valence-corrected chi connectivity index (χ3v) is 2.01. The van der Waals surface area contributed by atoms with Crippen LogP contribution >= 0.6 is 0 Å². The van der Waals surface area contributed by atoms with E-state index in [-0.39, 0.29) is 0 Å². The zero-order chi connectivity index (χ0) is 10.5. The van der Waals surface area contributed by atoms with Gasteiger partial charge in [-0.1, -0.05) is 0 Å². The summed E-state index contributed by atoms with van der Waals surface area (Å²) in [4.78, 5) is 3.47. The highest BCUT2D eigenvalue weighted by molar-refractivity contribution is 5.41. The van der Waals surface area contributed by atoms with Crippen LogP contribution in [0.25, 0.3) is 0 Å². The zero-order valence-electron chi connectivity index (χ0n) is 8.11. The van der Waals surface area contributed by atoms with Crippen LogP contribution in [0.15, 0.2) is 41.1 Å². The van der Waals surface area contributed by atoms with Gasteiger partial charge in [-0.3, -0.25) is 0 Å². The van der Waals surface area contributed by atoms with E-state index in [1.165, 1.54) is 12.3 Å². The van der Waals surface area contributed by atoms with Crippen LogP contribution in [0, 0.1) is 5.95 Å². The Morgan fingerprint density at radius 3 is 3.07 bits per heavy atom. The van der Waals surface area contributed by atoms with E-state index in [0.29, 0.717) is 6.54 Å². The second-order valence-electron chi connectivity index (χ2n) is 3.12. The molecule has 0 saturated heterocycles. The summed E-state index contributed by atoms with van der Waals surface area (Å²) in [5.74, 6) is 0.440. The first kappa shape index (κ1) is 9.71. The van der Waals surface area contributed by atoms with Crippen molar-refractivity contribution in [1.29, 1.82) is 0 Å². The van der Waals surface area contributed by atoms with Gasteiger partial charge < -0.3 is 9.73 Å². The second kappa shape index (κ2) is 4.59. The van der Waals surface area contributed by atoms with Gasteiger partial charge >= 0.3 is 0 Å². The van der Waals surface area contributed by atoms with E-state index in [1.807, 2.05) is 12.1 Å². The first-order valence-corrected chi connectivity index (χ1v) is 4.72. The van der Waals surface area contributed by atoms with Gasteiger partial charge in [0.05, 0.1) is 6.26 Å². The molecular weight excluding hydrogens is 195 g/mol. The Kier molecular flexibility index (Phi) is 2.97. The lowest BCUT2D eigenvalue weighted by atomic mass is 10.3. The molecule has 0 radical (unpaired) electrons. The summed E-state index contributed by atoms with van der Waals surface area (Å²) in [6.07, 6.45) is 3.85. The summed E-state index contributed by atoms with van der Waals surface area (Å²) >= 11 is 0. The molecule has 0 saturated carbocycles. The van der Waals surface area contributed by atoms with Crippen LogP contribution < -0.4 is 5.32 Å². The molecular formula is C11H11FN2O. The fourth-order valence-corrected chi connectivity index (χ4v) is 1.30. The molecule has 0 aliphatic heterocycles. The van der Waals surface area contributed by atoms with E-state index >= 15 is 0 Å². The minimum atomic E-state index is -0.474. The molecule has 0 bridgehead atoms. The van der Waals surface area contributed by atoms with Crippen molar-refractivity contribution in [2.24, 2.45) is 0 Å². The lowest BCUT2D eigenvalue weighted by molar-refractivity contribution is 0.513. The number of nitrogens with zero attached hydrogens (tertiary/aromatic N) is 1. The molecule has 78 valence electrons. The predicted octanol–water partition coefficient (Wildman–Crippen LogP) is 2.47. The minimum Gasteiger partial charge on any atom is -0.469 e. The average Bonchev–Trinajstić information content (AvgIpc) is 2.71. The Morgan fingerprint density at radius 2 is 2.33 bits per heavy atom. The van der Waals surface area contributed by atoms with E-state index in [0.717, 1.165) is 17.9 Å². The van der Waals surface area contributed by atoms with Crippen molar-refractivity contribution in [3.8, 4) is 0 Å². The minimum absolute atomic E-state index is 0.474. The third-order valence-electron chi connectivity index (χ3n) is 2.01. The van der Waals surface area contributed by atoms with Crippen molar-refractivity contribution in [3.05, 3.63) is 48.4 Å². The Morgan fingerprint density at radius 1 is 1.40 bits per heavy atom. The molecule has 2 rings (SSSR count). The predicted molar refractivity (Wildman–Crippen MR) is 55.1 cm³/mol. The van der Waals surface area contributed by atoms with Gasteiger partial charge in [-0.25, -0.2) is 4.98 Å². The summed E-state index contributed by atoms with van der Waals surface area (Å²) < 4.78 is 17.9. The monoisotopic (exact) mass is 206 g/mol. The van der Waals surface area contributed by atoms with Crippen molar-refractivity contribution in [2.75, 3.05) is 11.9 Å². The Labute approximate surface area is 86.9 Å². The number of hydrogen-bond acceptors (Lipinski definition) is 3. The third kappa shape index (κ3) is 2.80. The number of aromatic nitrogens is 1. The number of halogens is 1. The maximum Gasteiger partial charge on any atom is 0.214 e. The van der Waals surface area contributed by atoms with Crippen molar-refractivity contribution < 1.29 is 8.81 Å². The van der Waals surface area contributed by atoms with Crippen LogP contribution in [0.3, 0.4) is 0 Å². The molecule has 0 aliphatic rings. The van der Waals surface area contributed by atoms with E-state index < -0.39 is 5.95 Å². The lowest BCUT2D eigenvalue weighted by Gasteiger charge is -2.04. The number of pyridine rings is 1. The van der Waals surface area contributed by atoms with Gasteiger partial charge in [0, 0.05) is 30.9 Å². The first-order chi connectivity index (χ1) is 7.34. The number of nitrogens with one attached hydrogen (secondary N) is 1. The maximum absolute atomic E-state index is 12.7. The SMILES string of the molecule is Fc1cc(NCCc2ccco2)ccn1. The highest BCUT2D eigenvalue weighted by Crippen LogP contribution is 2.07. The summed E-state index contributed by atoms with van der Waals surface area (Å²) in [6, 6.07) is 6.85. The van der Waals surface area contributed by atoms with Crippen molar-refractivity contribution in [1.82, 2.24) is 4.98 Å². The molecule has 0 spiro atoms. The van der Waals surface area contributed by atoms with E-state index in [4.69, 9.17) is 4.42 Å². The van der Waals surface area contributed by atoms with E-state index in [9.17, 15) is 4.39 Å². The Balaban J connectivity index is 1.83. The molecule has 3 nitrogen and oxygen atoms in total. The summed E-state index contributed by atoms with van der Waals surface area (Å²) in [6.45, 7) is 0.705. The fourth-order valence-electron chi connectivity index (χ4n) is 1.30. The molecule has 2 aromatic heterocycles. The van der Waals surface area contributed by atoms with Crippen LogP contribution in [0.1, 0.15) is 5.76 Å². The first-order valence-electron chi connectivity index (χ1n) is 4.72. The van der Waals surface area contributed by atoms with Gasteiger partial charge in [0.1, 0.15) is 5.76 Å². The second-order valence-corrected chi connectivity index (χ2v) is 3.12. The van der Waals surface area contributed by atoms with Gasteiger partial charge in [-0.15, -0.1) is 0 Å². The smallest absolute Gasteiger partial charge is 0.214 e. The molecule has 2 heterocycles. The van der Waals surface area contributed by atoms with Crippen LogP contribution in [0.4, 0.5) is 10.1 Å². The lowest BCUT2D eigenvalue weighted by Crippen LogP contribution is -2.04. The highest BCUT2D eigenvalue weighted by Gasteiger charge is 1.97. The number of hydrogen-bond donors (Lipinski definition) is 1. The Hall–Kier alpha value is -1.84. The number of furan rings is 1. The molecule has 0 aliphatic carbocycles. The standard InChI is InChI=1S/C11H11FN2O/c12-11-8-9(3-5-14-11)13-6-4-10-2-1-7-15-10/h1-3,5,7-8H,4,6H2,(H,13,14). The van der Waals surface area contributed by atoms with Gasteiger partial charge in [0.15, 0.2) is 0 Å². The fraction of sp³-hybridized carbons (Fsp3) is 0.182. The van der Waals surface area contributed by atoms with Gasteiger partial charge in [0.25, 0.3) is 0 Å². The van der Waals surface area contributed by atoms with Crippen molar-refractivity contribution >= 4 is 5.69 Å². The van der Waals surface area contributed by atoms with Crippen molar-refractivity contribution in [3.63, 3.8) is 0 Å². The molecule has 0 unspecified atom stereocenters. The molecule has 4 heteroatoms. The Bertz CT molecular complexity index is 414. The number of anilines is 1. The highest BCUT2D eigenvalue weighted by atomic mass is 19.1. The maximum atomic E-state index is 12.7. The molecule has 0 fully saturated rings. The molecule has 2 aromatic rings.